The summed E-state index contributed by atoms with van der Waals surface area (Å²) in [5, 5.41) is 3.51. The molecule has 1 rings (SSSR count). The Labute approximate surface area is 97.9 Å². The van der Waals surface area contributed by atoms with Gasteiger partial charge in [0.1, 0.15) is 5.75 Å². The zero-order valence-electron chi connectivity index (χ0n) is 8.84. The lowest BCUT2D eigenvalue weighted by atomic mass is 10.2. The fourth-order valence-corrected chi connectivity index (χ4v) is 1.56. The van der Waals surface area contributed by atoms with Crippen LogP contribution in [-0.4, -0.2) is 18.3 Å². The minimum Gasteiger partial charge on any atom is -0.497 e. The highest BCUT2D eigenvalue weighted by atomic mass is 79.9. The van der Waals surface area contributed by atoms with Gasteiger partial charge in [0.25, 0.3) is 0 Å². The van der Waals surface area contributed by atoms with Crippen LogP contribution in [0.25, 0.3) is 0 Å². The average molecular weight is 272 g/mol. The van der Waals surface area contributed by atoms with Crippen molar-refractivity contribution in [2.75, 3.05) is 17.8 Å². The maximum atomic E-state index is 11.3. The van der Waals surface area contributed by atoms with Crippen LogP contribution in [0.3, 0.4) is 0 Å². The third-order valence-corrected chi connectivity index (χ3v) is 2.43. The van der Waals surface area contributed by atoms with E-state index in [0.717, 1.165) is 17.0 Å². The van der Waals surface area contributed by atoms with Crippen LogP contribution in [0, 0.1) is 6.92 Å². The fraction of sp³-hybridized carbons (Fsp3) is 0.364. The number of benzene rings is 1. The summed E-state index contributed by atoms with van der Waals surface area (Å²) in [4.78, 5) is 11.3. The smallest absolute Gasteiger partial charge is 0.225 e. The Morgan fingerprint density at radius 2 is 2.27 bits per heavy atom. The van der Waals surface area contributed by atoms with E-state index in [2.05, 4.69) is 21.2 Å². The van der Waals surface area contributed by atoms with Gasteiger partial charge >= 0.3 is 0 Å². The number of aryl methyl sites for hydroxylation is 1. The van der Waals surface area contributed by atoms with E-state index < -0.39 is 0 Å². The minimum atomic E-state index is 0.0140. The average Bonchev–Trinajstić information content (AvgIpc) is 2.21. The van der Waals surface area contributed by atoms with Gasteiger partial charge in [-0.15, -0.1) is 0 Å². The number of hydrogen-bond donors (Lipinski definition) is 1. The van der Waals surface area contributed by atoms with E-state index in [1.807, 2.05) is 25.1 Å². The van der Waals surface area contributed by atoms with Crippen LogP contribution in [0.4, 0.5) is 5.69 Å². The molecule has 4 heteroatoms. The van der Waals surface area contributed by atoms with Gasteiger partial charge in [0, 0.05) is 17.4 Å². The van der Waals surface area contributed by atoms with Gasteiger partial charge in [0.05, 0.1) is 7.11 Å². The van der Waals surface area contributed by atoms with Gasteiger partial charge in [0.15, 0.2) is 0 Å². The van der Waals surface area contributed by atoms with E-state index in [1.165, 1.54) is 0 Å². The summed E-state index contributed by atoms with van der Waals surface area (Å²) in [6, 6.07) is 5.57. The van der Waals surface area contributed by atoms with Crippen molar-refractivity contribution in [3.63, 3.8) is 0 Å². The lowest BCUT2D eigenvalue weighted by Crippen LogP contribution is -2.12. The first-order valence-corrected chi connectivity index (χ1v) is 5.80. The molecule has 0 bridgehead atoms. The van der Waals surface area contributed by atoms with E-state index in [9.17, 15) is 4.79 Å². The Morgan fingerprint density at radius 3 is 2.80 bits per heavy atom. The highest BCUT2D eigenvalue weighted by molar-refractivity contribution is 9.09. The zero-order chi connectivity index (χ0) is 11.3. The molecule has 0 radical (unpaired) electrons. The third kappa shape index (κ3) is 3.55. The Balaban J connectivity index is 2.73. The number of anilines is 1. The molecular formula is C11H14BrNO2. The highest BCUT2D eigenvalue weighted by Crippen LogP contribution is 2.21. The molecule has 1 aromatic rings. The second-order valence-electron chi connectivity index (χ2n) is 3.17. The predicted octanol–water partition coefficient (Wildman–Crippen LogP) is 2.73. The van der Waals surface area contributed by atoms with Gasteiger partial charge in [-0.3, -0.25) is 4.79 Å². The standard InChI is InChI=1S/C11H14BrNO2/c1-8-7-9(15-2)3-4-10(8)13-11(14)5-6-12/h3-4,7H,5-6H2,1-2H3,(H,13,14). The molecule has 0 aliphatic carbocycles. The first-order valence-electron chi connectivity index (χ1n) is 4.68. The van der Waals surface area contributed by atoms with Gasteiger partial charge < -0.3 is 10.1 Å². The van der Waals surface area contributed by atoms with Crippen molar-refractivity contribution in [2.45, 2.75) is 13.3 Å². The molecule has 0 saturated heterocycles. The molecule has 1 amide bonds. The molecule has 1 N–H and O–H groups in total. The highest BCUT2D eigenvalue weighted by Gasteiger charge is 2.04. The van der Waals surface area contributed by atoms with Crippen molar-refractivity contribution < 1.29 is 9.53 Å². The topological polar surface area (TPSA) is 38.3 Å². The molecule has 0 heterocycles. The summed E-state index contributed by atoms with van der Waals surface area (Å²) < 4.78 is 5.08. The summed E-state index contributed by atoms with van der Waals surface area (Å²) in [5.41, 5.74) is 1.83. The zero-order valence-corrected chi connectivity index (χ0v) is 10.4. The largest absolute Gasteiger partial charge is 0.497 e. The van der Waals surface area contributed by atoms with E-state index in [1.54, 1.807) is 7.11 Å². The Hall–Kier alpha value is -1.03. The molecule has 15 heavy (non-hydrogen) atoms. The summed E-state index contributed by atoms with van der Waals surface area (Å²) in [5.74, 6) is 0.811. The van der Waals surface area contributed by atoms with Crippen molar-refractivity contribution in [3.05, 3.63) is 23.8 Å². The number of rotatable bonds is 4. The molecular weight excluding hydrogens is 258 g/mol. The van der Waals surface area contributed by atoms with E-state index in [0.29, 0.717) is 11.8 Å². The van der Waals surface area contributed by atoms with E-state index in [4.69, 9.17) is 4.74 Å². The van der Waals surface area contributed by atoms with Crippen LogP contribution in [0.15, 0.2) is 18.2 Å². The van der Waals surface area contributed by atoms with Crippen molar-refractivity contribution in [3.8, 4) is 5.75 Å². The molecule has 0 saturated carbocycles. The molecule has 0 aromatic heterocycles. The molecule has 1 aromatic carbocycles. The summed E-state index contributed by atoms with van der Waals surface area (Å²) in [6.07, 6.45) is 0.478. The van der Waals surface area contributed by atoms with Crippen LogP contribution < -0.4 is 10.1 Å². The lowest BCUT2D eigenvalue weighted by molar-refractivity contribution is -0.115. The van der Waals surface area contributed by atoms with Crippen molar-refractivity contribution in [1.29, 1.82) is 0 Å². The second kappa shape index (κ2) is 5.75. The molecule has 3 nitrogen and oxygen atoms in total. The normalized spacial score (nSPS) is 9.80. The van der Waals surface area contributed by atoms with Crippen molar-refractivity contribution in [2.24, 2.45) is 0 Å². The summed E-state index contributed by atoms with van der Waals surface area (Å²) in [6.45, 7) is 1.94. The maximum absolute atomic E-state index is 11.3. The molecule has 0 spiro atoms. The van der Waals surface area contributed by atoms with Gasteiger partial charge in [-0.2, -0.15) is 0 Å². The fourth-order valence-electron chi connectivity index (χ4n) is 1.20. The minimum absolute atomic E-state index is 0.0140. The number of halogens is 1. The molecule has 0 unspecified atom stereocenters. The number of ether oxygens (including phenoxy) is 1. The summed E-state index contributed by atoms with van der Waals surface area (Å²) >= 11 is 3.22. The molecule has 82 valence electrons. The van der Waals surface area contributed by atoms with Crippen LogP contribution in [-0.2, 0) is 4.79 Å². The Bertz CT molecular complexity index is 352. The maximum Gasteiger partial charge on any atom is 0.225 e. The van der Waals surface area contributed by atoms with Gasteiger partial charge in [0.2, 0.25) is 5.91 Å². The third-order valence-electron chi connectivity index (χ3n) is 2.03. The van der Waals surface area contributed by atoms with Gasteiger partial charge in [-0.05, 0) is 30.7 Å². The first kappa shape index (κ1) is 12.0. The SMILES string of the molecule is COc1ccc(NC(=O)CCBr)c(C)c1. The van der Waals surface area contributed by atoms with Gasteiger partial charge in [-0.25, -0.2) is 0 Å². The lowest BCUT2D eigenvalue weighted by Gasteiger charge is -2.09. The molecule has 0 aliphatic rings. The number of nitrogens with one attached hydrogen (secondary N) is 1. The van der Waals surface area contributed by atoms with Crippen LogP contribution in [0.5, 0.6) is 5.75 Å². The molecule has 0 fully saturated rings. The quantitative estimate of drug-likeness (QED) is 0.856. The number of carbonyl (C=O) groups is 1. The number of alkyl halides is 1. The number of hydrogen-bond acceptors (Lipinski definition) is 2. The Morgan fingerprint density at radius 1 is 1.53 bits per heavy atom. The molecule has 0 aliphatic heterocycles. The predicted molar refractivity (Wildman–Crippen MR) is 64.8 cm³/mol. The monoisotopic (exact) mass is 271 g/mol. The number of amides is 1. The first-order chi connectivity index (χ1) is 7.17. The van der Waals surface area contributed by atoms with Gasteiger partial charge in [-0.1, -0.05) is 15.9 Å². The number of carbonyl (C=O) groups excluding carboxylic acids is 1. The van der Waals surface area contributed by atoms with Crippen LogP contribution in [0.2, 0.25) is 0 Å². The summed E-state index contributed by atoms with van der Waals surface area (Å²) in [7, 11) is 1.62. The van der Waals surface area contributed by atoms with Crippen molar-refractivity contribution in [1.82, 2.24) is 0 Å². The molecule has 0 atom stereocenters. The number of methoxy groups -OCH3 is 1. The van der Waals surface area contributed by atoms with E-state index >= 15 is 0 Å². The Kier molecular flexibility index (Phi) is 4.62. The van der Waals surface area contributed by atoms with E-state index in [-0.39, 0.29) is 5.91 Å². The second-order valence-corrected chi connectivity index (χ2v) is 3.96. The van der Waals surface area contributed by atoms with Crippen LogP contribution >= 0.6 is 15.9 Å². The van der Waals surface area contributed by atoms with Crippen LogP contribution in [0.1, 0.15) is 12.0 Å². The van der Waals surface area contributed by atoms with Crippen molar-refractivity contribution >= 4 is 27.5 Å².